The smallest absolute Gasteiger partial charge is 0.0865 e. The molecule has 0 spiro atoms. The third-order valence-corrected chi connectivity index (χ3v) is 4.31. The van der Waals surface area contributed by atoms with Gasteiger partial charge in [0.05, 0.1) is 12.7 Å². The van der Waals surface area contributed by atoms with E-state index in [9.17, 15) is 0 Å². The van der Waals surface area contributed by atoms with Crippen molar-refractivity contribution in [2.75, 3.05) is 20.3 Å². The minimum atomic E-state index is 0.256. The highest BCUT2D eigenvalue weighted by atomic mass is 16.5. The van der Waals surface area contributed by atoms with Gasteiger partial charge in [-0.15, -0.1) is 0 Å². The van der Waals surface area contributed by atoms with Crippen LogP contribution in [0.3, 0.4) is 0 Å². The van der Waals surface area contributed by atoms with E-state index in [-0.39, 0.29) is 6.10 Å². The van der Waals surface area contributed by atoms with Crippen LogP contribution in [0.25, 0.3) is 0 Å². The van der Waals surface area contributed by atoms with Gasteiger partial charge in [0.1, 0.15) is 0 Å². The van der Waals surface area contributed by atoms with E-state index in [1.54, 1.807) is 7.11 Å². The first-order valence-electron chi connectivity index (χ1n) is 7.79. The third-order valence-electron chi connectivity index (χ3n) is 4.31. The normalized spacial score (nSPS) is 26.6. The number of benzene rings is 1. The van der Waals surface area contributed by atoms with Crippen molar-refractivity contribution < 1.29 is 9.47 Å². The summed E-state index contributed by atoms with van der Waals surface area (Å²) in [6, 6.07) is 9.49. The Morgan fingerprint density at radius 2 is 2.00 bits per heavy atom. The number of hydrogen-bond acceptors (Lipinski definition) is 3. The highest BCUT2D eigenvalue weighted by Gasteiger charge is 2.29. The fourth-order valence-electron chi connectivity index (χ4n) is 3.00. The fourth-order valence-corrected chi connectivity index (χ4v) is 3.00. The largest absolute Gasteiger partial charge is 0.380 e. The summed E-state index contributed by atoms with van der Waals surface area (Å²) in [6.07, 6.45) is 5.42. The molecule has 2 unspecified atom stereocenters. The van der Waals surface area contributed by atoms with Crippen molar-refractivity contribution in [1.29, 1.82) is 0 Å². The highest BCUT2D eigenvalue weighted by molar-refractivity contribution is 5.24. The summed E-state index contributed by atoms with van der Waals surface area (Å²) >= 11 is 0. The monoisotopic (exact) mass is 275 g/mol. The van der Waals surface area contributed by atoms with Gasteiger partial charge < -0.3 is 14.8 Å². The average molecular weight is 275 g/mol. The molecule has 0 radical (unpaired) electrons. The Morgan fingerprint density at radius 3 is 2.70 bits per heavy atom. The van der Waals surface area contributed by atoms with Crippen molar-refractivity contribution in [3.05, 3.63) is 35.4 Å². The third kappa shape index (κ3) is 3.60. The van der Waals surface area contributed by atoms with Crippen LogP contribution >= 0.6 is 0 Å². The first-order chi connectivity index (χ1) is 9.86. The molecule has 1 saturated carbocycles. The standard InChI is InChI=1S/C17H25NO2/c1-19-12-13-4-6-14(7-5-13)17-15(3-2-10-20-17)11-18-16-8-9-16/h4-7,15-18H,2-3,8-12H2,1H3. The molecule has 2 fully saturated rings. The lowest BCUT2D eigenvalue weighted by atomic mass is 9.89. The van der Waals surface area contributed by atoms with E-state index in [1.165, 1.54) is 36.8 Å². The van der Waals surface area contributed by atoms with Gasteiger partial charge in [-0.05, 0) is 36.8 Å². The summed E-state index contributed by atoms with van der Waals surface area (Å²) in [5.41, 5.74) is 2.53. The molecule has 1 aromatic carbocycles. The summed E-state index contributed by atoms with van der Waals surface area (Å²) in [6.45, 7) is 2.66. The molecule has 0 amide bonds. The Hall–Kier alpha value is -0.900. The molecule has 1 heterocycles. The molecule has 1 aromatic rings. The van der Waals surface area contributed by atoms with Crippen molar-refractivity contribution >= 4 is 0 Å². The Labute approximate surface area is 121 Å². The van der Waals surface area contributed by atoms with Crippen LogP contribution in [0.5, 0.6) is 0 Å². The van der Waals surface area contributed by atoms with Gasteiger partial charge in [-0.3, -0.25) is 0 Å². The highest BCUT2D eigenvalue weighted by Crippen LogP contribution is 2.34. The number of methoxy groups -OCH3 is 1. The van der Waals surface area contributed by atoms with Crippen LogP contribution in [0.2, 0.25) is 0 Å². The number of rotatable bonds is 6. The number of hydrogen-bond donors (Lipinski definition) is 1. The van der Waals surface area contributed by atoms with Crippen molar-refractivity contribution in [2.24, 2.45) is 5.92 Å². The van der Waals surface area contributed by atoms with Gasteiger partial charge >= 0.3 is 0 Å². The molecule has 1 N–H and O–H groups in total. The Balaban J connectivity index is 1.64. The summed E-state index contributed by atoms with van der Waals surface area (Å²) < 4.78 is 11.2. The summed E-state index contributed by atoms with van der Waals surface area (Å²) in [5.74, 6) is 0.609. The Kier molecular flexibility index (Phi) is 4.71. The second kappa shape index (κ2) is 6.70. The van der Waals surface area contributed by atoms with Crippen molar-refractivity contribution in [3.8, 4) is 0 Å². The SMILES string of the molecule is COCc1ccc(C2OCCCC2CNC2CC2)cc1. The van der Waals surface area contributed by atoms with E-state index in [0.717, 1.165) is 19.2 Å². The second-order valence-corrected chi connectivity index (χ2v) is 6.05. The van der Waals surface area contributed by atoms with Gasteiger partial charge in [-0.1, -0.05) is 24.3 Å². The van der Waals surface area contributed by atoms with Crippen LogP contribution in [-0.2, 0) is 16.1 Å². The van der Waals surface area contributed by atoms with Crippen molar-refractivity contribution in [3.63, 3.8) is 0 Å². The minimum Gasteiger partial charge on any atom is -0.380 e. The van der Waals surface area contributed by atoms with E-state index in [2.05, 4.69) is 29.6 Å². The maximum Gasteiger partial charge on any atom is 0.0865 e. The molecule has 20 heavy (non-hydrogen) atoms. The van der Waals surface area contributed by atoms with E-state index in [0.29, 0.717) is 12.5 Å². The maximum absolute atomic E-state index is 6.06. The van der Waals surface area contributed by atoms with Crippen LogP contribution in [0.4, 0.5) is 0 Å². The Bertz CT molecular complexity index is 414. The maximum atomic E-state index is 6.06. The van der Waals surface area contributed by atoms with Crippen LogP contribution in [0.1, 0.15) is 42.9 Å². The van der Waals surface area contributed by atoms with Crippen LogP contribution in [0.15, 0.2) is 24.3 Å². The molecule has 2 atom stereocenters. The molecule has 1 saturated heterocycles. The lowest BCUT2D eigenvalue weighted by Crippen LogP contribution is -2.32. The molecule has 3 rings (SSSR count). The van der Waals surface area contributed by atoms with Gasteiger partial charge in [0.25, 0.3) is 0 Å². The molecule has 1 aliphatic heterocycles. The van der Waals surface area contributed by atoms with Crippen LogP contribution in [0, 0.1) is 5.92 Å². The molecular formula is C17H25NO2. The van der Waals surface area contributed by atoms with Gasteiger partial charge in [0.15, 0.2) is 0 Å². The van der Waals surface area contributed by atoms with Gasteiger partial charge in [-0.25, -0.2) is 0 Å². The van der Waals surface area contributed by atoms with E-state index >= 15 is 0 Å². The molecule has 0 aromatic heterocycles. The zero-order chi connectivity index (χ0) is 13.8. The average Bonchev–Trinajstić information content (AvgIpc) is 3.31. The number of nitrogens with one attached hydrogen (secondary N) is 1. The quantitative estimate of drug-likeness (QED) is 0.865. The lowest BCUT2D eigenvalue weighted by Gasteiger charge is -2.32. The van der Waals surface area contributed by atoms with Gasteiger partial charge in [0.2, 0.25) is 0 Å². The summed E-state index contributed by atoms with van der Waals surface area (Å²) in [5, 5.41) is 3.66. The van der Waals surface area contributed by atoms with Gasteiger partial charge in [0, 0.05) is 32.2 Å². The topological polar surface area (TPSA) is 30.5 Å². The molecule has 1 aliphatic carbocycles. The van der Waals surface area contributed by atoms with E-state index in [4.69, 9.17) is 9.47 Å². The molecule has 3 nitrogen and oxygen atoms in total. The molecule has 110 valence electrons. The van der Waals surface area contributed by atoms with Crippen molar-refractivity contribution in [2.45, 2.75) is 44.4 Å². The molecule has 0 bridgehead atoms. The predicted octanol–water partition coefficient (Wildman–Crippen LogP) is 3.05. The zero-order valence-electron chi connectivity index (χ0n) is 12.3. The lowest BCUT2D eigenvalue weighted by molar-refractivity contribution is -0.0278. The number of ether oxygens (including phenoxy) is 2. The zero-order valence-corrected chi connectivity index (χ0v) is 12.3. The molecule has 2 aliphatic rings. The predicted molar refractivity (Wildman–Crippen MR) is 79.6 cm³/mol. The summed E-state index contributed by atoms with van der Waals surface area (Å²) in [4.78, 5) is 0. The first kappa shape index (κ1) is 14.1. The van der Waals surface area contributed by atoms with Crippen molar-refractivity contribution in [1.82, 2.24) is 5.32 Å². The summed E-state index contributed by atoms with van der Waals surface area (Å²) in [7, 11) is 1.73. The van der Waals surface area contributed by atoms with Gasteiger partial charge in [-0.2, -0.15) is 0 Å². The van der Waals surface area contributed by atoms with E-state index in [1.807, 2.05) is 0 Å². The van der Waals surface area contributed by atoms with Crippen LogP contribution in [-0.4, -0.2) is 26.3 Å². The fraction of sp³-hybridized carbons (Fsp3) is 0.647. The second-order valence-electron chi connectivity index (χ2n) is 6.05. The molecular weight excluding hydrogens is 250 g/mol. The first-order valence-corrected chi connectivity index (χ1v) is 7.79. The van der Waals surface area contributed by atoms with E-state index < -0.39 is 0 Å². The molecule has 3 heteroatoms. The Morgan fingerprint density at radius 1 is 1.20 bits per heavy atom. The van der Waals surface area contributed by atoms with Crippen LogP contribution < -0.4 is 5.32 Å². The minimum absolute atomic E-state index is 0.256.